The van der Waals surface area contributed by atoms with Crippen molar-refractivity contribution >= 4 is 32.4 Å². The number of benzene rings is 2. The topological polar surface area (TPSA) is 84.0 Å². The molecular formula is C19H22N2O5S2. The fourth-order valence-corrected chi connectivity index (χ4v) is 5.23. The zero-order chi connectivity index (χ0) is 20.3. The summed E-state index contributed by atoms with van der Waals surface area (Å²) in [5.41, 5.74) is 0.832. The molecule has 1 heterocycles. The molecule has 3 rings (SSSR count). The van der Waals surface area contributed by atoms with Crippen LogP contribution < -0.4 is 9.04 Å². The molecule has 7 nitrogen and oxygen atoms in total. The average Bonchev–Trinajstić information content (AvgIpc) is 2.73. The first-order valence-electron chi connectivity index (χ1n) is 8.71. The number of carbonyl (C=O) groups excluding carboxylic acids is 1. The number of rotatable bonds is 5. The van der Waals surface area contributed by atoms with E-state index in [1.165, 1.54) is 38.4 Å². The van der Waals surface area contributed by atoms with E-state index in [0.717, 1.165) is 4.31 Å². The summed E-state index contributed by atoms with van der Waals surface area (Å²) in [6.45, 7) is 0.893. The molecule has 150 valence electrons. The van der Waals surface area contributed by atoms with Gasteiger partial charge in [0, 0.05) is 48.0 Å². The maximum atomic E-state index is 13.0. The van der Waals surface area contributed by atoms with Gasteiger partial charge in [0.15, 0.2) is 0 Å². The highest BCUT2D eigenvalue weighted by molar-refractivity contribution is 7.92. The SMILES string of the molecule is COc1ccccc1N(C)S(=O)(=O)c1ccc(C(=O)N2CCS(=O)CC2)cc1. The van der Waals surface area contributed by atoms with Gasteiger partial charge in [0.25, 0.3) is 15.9 Å². The summed E-state index contributed by atoms with van der Waals surface area (Å²) in [4.78, 5) is 14.3. The van der Waals surface area contributed by atoms with Gasteiger partial charge in [0.2, 0.25) is 0 Å². The van der Waals surface area contributed by atoms with Crippen LogP contribution in [-0.2, 0) is 20.8 Å². The van der Waals surface area contributed by atoms with Crippen molar-refractivity contribution < 1.29 is 22.2 Å². The molecule has 1 amide bonds. The molecule has 0 aromatic heterocycles. The number of carbonyl (C=O) groups is 1. The number of hydrogen-bond acceptors (Lipinski definition) is 5. The Morgan fingerprint density at radius 2 is 1.68 bits per heavy atom. The Morgan fingerprint density at radius 1 is 1.07 bits per heavy atom. The maximum absolute atomic E-state index is 13.0. The summed E-state index contributed by atoms with van der Waals surface area (Å²) in [7, 11) is -1.74. The van der Waals surface area contributed by atoms with Gasteiger partial charge in [0.1, 0.15) is 5.75 Å². The van der Waals surface area contributed by atoms with Crippen LogP contribution >= 0.6 is 0 Å². The normalized spacial score (nSPS) is 15.3. The molecule has 2 aromatic rings. The van der Waals surface area contributed by atoms with Crippen molar-refractivity contribution in [2.75, 3.05) is 43.1 Å². The van der Waals surface area contributed by atoms with Crippen molar-refractivity contribution in [3.8, 4) is 5.75 Å². The van der Waals surface area contributed by atoms with E-state index in [4.69, 9.17) is 4.74 Å². The van der Waals surface area contributed by atoms with Crippen LogP contribution in [0.25, 0.3) is 0 Å². The van der Waals surface area contributed by atoms with E-state index < -0.39 is 20.8 Å². The molecule has 2 aromatic carbocycles. The lowest BCUT2D eigenvalue weighted by atomic mass is 10.2. The van der Waals surface area contributed by atoms with Gasteiger partial charge in [-0.25, -0.2) is 8.42 Å². The van der Waals surface area contributed by atoms with E-state index in [1.54, 1.807) is 29.2 Å². The van der Waals surface area contributed by atoms with Crippen LogP contribution in [-0.4, -0.2) is 62.2 Å². The van der Waals surface area contributed by atoms with E-state index >= 15 is 0 Å². The second kappa shape index (κ2) is 8.32. The van der Waals surface area contributed by atoms with Crippen molar-refractivity contribution in [3.05, 3.63) is 54.1 Å². The lowest BCUT2D eigenvalue weighted by Crippen LogP contribution is -2.41. The number of methoxy groups -OCH3 is 1. The third kappa shape index (κ3) is 4.05. The molecule has 0 radical (unpaired) electrons. The van der Waals surface area contributed by atoms with E-state index in [-0.39, 0.29) is 10.8 Å². The largest absolute Gasteiger partial charge is 0.495 e. The Morgan fingerprint density at radius 3 is 2.29 bits per heavy atom. The van der Waals surface area contributed by atoms with Gasteiger partial charge < -0.3 is 9.64 Å². The predicted octanol–water partition coefficient (Wildman–Crippen LogP) is 1.72. The van der Waals surface area contributed by atoms with E-state index in [9.17, 15) is 17.4 Å². The molecule has 1 fully saturated rings. The van der Waals surface area contributed by atoms with Crippen LogP contribution in [0.3, 0.4) is 0 Å². The Balaban J connectivity index is 1.82. The van der Waals surface area contributed by atoms with E-state index in [1.807, 2.05) is 0 Å². The molecule has 0 atom stereocenters. The molecule has 0 unspecified atom stereocenters. The minimum absolute atomic E-state index is 0.0807. The van der Waals surface area contributed by atoms with Crippen molar-refractivity contribution in [1.29, 1.82) is 0 Å². The number of hydrogen-bond donors (Lipinski definition) is 0. The summed E-state index contributed by atoms with van der Waals surface area (Å²) in [5, 5.41) is 0. The zero-order valence-electron chi connectivity index (χ0n) is 15.7. The molecule has 1 saturated heterocycles. The number of nitrogens with zero attached hydrogens (tertiary/aromatic N) is 2. The molecule has 0 N–H and O–H groups in total. The van der Waals surface area contributed by atoms with Gasteiger partial charge in [-0.1, -0.05) is 12.1 Å². The standard InChI is InChI=1S/C19H22N2O5S2/c1-20(17-5-3-4-6-18(17)26-2)28(24,25)16-9-7-15(8-10-16)19(22)21-11-13-27(23)14-12-21/h3-10H,11-14H2,1-2H3. The van der Waals surface area contributed by atoms with Crippen LogP contribution in [0.1, 0.15) is 10.4 Å². The van der Waals surface area contributed by atoms with Crippen LogP contribution in [0, 0.1) is 0 Å². The first-order chi connectivity index (χ1) is 13.3. The number of amides is 1. The van der Waals surface area contributed by atoms with Gasteiger partial charge >= 0.3 is 0 Å². The maximum Gasteiger partial charge on any atom is 0.264 e. The highest BCUT2D eigenvalue weighted by Gasteiger charge is 2.25. The quantitative estimate of drug-likeness (QED) is 0.733. The Labute approximate surface area is 167 Å². The van der Waals surface area contributed by atoms with Gasteiger partial charge in [-0.2, -0.15) is 0 Å². The second-order valence-corrected chi connectivity index (χ2v) is 9.97. The predicted molar refractivity (Wildman–Crippen MR) is 109 cm³/mol. The minimum Gasteiger partial charge on any atom is -0.495 e. The average molecular weight is 423 g/mol. The number of ether oxygens (including phenoxy) is 1. The lowest BCUT2D eigenvalue weighted by Gasteiger charge is -2.26. The molecule has 0 aliphatic carbocycles. The molecular weight excluding hydrogens is 400 g/mol. The Kier molecular flexibility index (Phi) is 6.04. The van der Waals surface area contributed by atoms with Crippen LogP contribution in [0.2, 0.25) is 0 Å². The first-order valence-corrected chi connectivity index (χ1v) is 11.6. The summed E-state index contributed by atoms with van der Waals surface area (Å²) >= 11 is 0. The molecule has 28 heavy (non-hydrogen) atoms. The molecule has 0 saturated carbocycles. The fraction of sp³-hybridized carbons (Fsp3) is 0.316. The van der Waals surface area contributed by atoms with Gasteiger partial charge in [-0.05, 0) is 36.4 Å². The molecule has 9 heteroatoms. The third-order valence-corrected chi connectivity index (χ3v) is 7.71. The smallest absolute Gasteiger partial charge is 0.264 e. The molecule has 1 aliphatic rings. The minimum atomic E-state index is -3.81. The Hall–Kier alpha value is -2.39. The van der Waals surface area contributed by atoms with Crippen molar-refractivity contribution in [3.63, 3.8) is 0 Å². The fourth-order valence-electron chi connectivity index (χ4n) is 2.97. The zero-order valence-corrected chi connectivity index (χ0v) is 17.3. The summed E-state index contributed by atoms with van der Waals surface area (Å²) in [6.07, 6.45) is 0. The van der Waals surface area contributed by atoms with E-state index in [2.05, 4.69) is 0 Å². The van der Waals surface area contributed by atoms with Crippen LogP contribution in [0.15, 0.2) is 53.4 Å². The summed E-state index contributed by atoms with van der Waals surface area (Å²) in [5.74, 6) is 1.21. The summed E-state index contributed by atoms with van der Waals surface area (Å²) in [6, 6.07) is 12.7. The number of para-hydroxylation sites is 2. The third-order valence-electron chi connectivity index (χ3n) is 4.65. The Bertz CT molecular complexity index is 980. The first kappa shape index (κ1) is 20.3. The molecule has 0 spiro atoms. The van der Waals surface area contributed by atoms with Crippen molar-refractivity contribution in [2.24, 2.45) is 0 Å². The highest BCUT2D eigenvalue weighted by Crippen LogP contribution is 2.30. The van der Waals surface area contributed by atoms with Crippen molar-refractivity contribution in [2.45, 2.75) is 4.90 Å². The highest BCUT2D eigenvalue weighted by atomic mass is 32.2. The number of sulfonamides is 1. The number of anilines is 1. The van der Waals surface area contributed by atoms with Crippen LogP contribution in [0.5, 0.6) is 5.75 Å². The van der Waals surface area contributed by atoms with Gasteiger partial charge in [-0.15, -0.1) is 0 Å². The van der Waals surface area contributed by atoms with Gasteiger partial charge in [-0.3, -0.25) is 13.3 Å². The summed E-state index contributed by atoms with van der Waals surface area (Å²) < 4.78 is 43.8. The van der Waals surface area contributed by atoms with Gasteiger partial charge in [0.05, 0.1) is 17.7 Å². The molecule has 1 aliphatic heterocycles. The molecule has 0 bridgehead atoms. The lowest BCUT2D eigenvalue weighted by molar-refractivity contribution is 0.0771. The second-order valence-electron chi connectivity index (χ2n) is 6.31. The monoisotopic (exact) mass is 422 g/mol. The van der Waals surface area contributed by atoms with E-state index in [0.29, 0.717) is 41.6 Å². The van der Waals surface area contributed by atoms with Crippen LogP contribution in [0.4, 0.5) is 5.69 Å². The van der Waals surface area contributed by atoms with Crippen molar-refractivity contribution in [1.82, 2.24) is 4.90 Å².